The van der Waals surface area contributed by atoms with Gasteiger partial charge < -0.3 is 15.2 Å². The molecular formula is C13H17ClFNO2. The Morgan fingerprint density at radius 1 is 1.50 bits per heavy atom. The van der Waals surface area contributed by atoms with Gasteiger partial charge in [0.05, 0.1) is 18.2 Å². The molecule has 0 radical (unpaired) electrons. The van der Waals surface area contributed by atoms with Crippen LogP contribution in [0.3, 0.4) is 0 Å². The van der Waals surface area contributed by atoms with E-state index in [1.807, 2.05) is 6.92 Å². The summed E-state index contributed by atoms with van der Waals surface area (Å²) in [6, 6.07) is 4.13. The number of aliphatic hydroxyl groups is 1. The molecule has 5 heteroatoms. The number of hydrogen-bond donors (Lipinski definition) is 2. The van der Waals surface area contributed by atoms with Crippen molar-refractivity contribution < 1.29 is 14.2 Å². The summed E-state index contributed by atoms with van der Waals surface area (Å²) in [4.78, 5) is 0. The Morgan fingerprint density at radius 3 is 2.83 bits per heavy atom. The number of rotatable bonds is 2. The van der Waals surface area contributed by atoms with Crippen molar-refractivity contribution >= 4 is 11.6 Å². The van der Waals surface area contributed by atoms with E-state index in [1.54, 1.807) is 19.2 Å². The first-order valence-electron chi connectivity index (χ1n) is 5.94. The summed E-state index contributed by atoms with van der Waals surface area (Å²) in [5.74, 6) is -0.401. The van der Waals surface area contributed by atoms with Gasteiger partial charge in [0.1, 0.15) is 5.82 Å². The van der Waals surface area contributed by atoms with E-state index in [0.717, 1.165) is 0 Å². The van der Waals surface area contributed by atoms with Crippen LogP contribution in [0.2, 0.25) is 5.02 Å². The molecule has 1 saturated heterocycles. The molecule has 1 aromatic carbocycles. The van der Waals surface area contributed by atoms with E-state index in [-0.39, 0.29) is 12.1 Å². The maximum absolute atomic E-state index is 13.8. The summed E-state index contributed by atoms with van der Waals surface area (Å²) in [6.07, 6.45) is -0.259. The fraction of sp³-hybridized carbons (Fsp3) is 0.538. The highest BCUT2D eigenvalue weighted by Gasteiger charge is 2.35. The third-order valence-corrected chi connectivity index (χ3v) is 3.69. The summed E-state index contributed by atoms with van der Waals surface area (Å²) in [6.45, 7) is 1.96. The minimum atomic E-state index is -0.679. The second-order valence-corrected chi connectivity index (χ2v) is 5.11. The minimum absolute atomic E-state index is 0.0541. The predicted octanol–water partition coefficient (Wildman–Crippen LogP) is 2.28. The van der Waals surface area contributed by atoms with Gasteiger partial charge >= 0.3 is 0 Å². The number of hydrogen-bond acceptors (Lipinski definition) is 3. The Morgan fingerprint density at radius 2 is 2.22 bits per heavy atom. The lowest BCUT2D eigenvalue weighted by molar-refractivity contribution is -0.0253. The quantitative estimate of drug-likeness (QED) is 0.869. The molecule has 0 unspecified atom stereocenters. The topological polar surface area (TPSA) is 41.5 Å². The predicted molar refractivity (Wildman–Crippen MR) is 68.2 cm³/mol. The molecule has 1 aliphatic rings. The molecule has 0 bridgehead atoms. The van der Waals surface area contributed by atoms with Crippen molar-refractivity contribution in [3.8, 4) is 0 Å². The Bertz CT molecular complexity index is 429. The van der Waals surface area contributed by atoms with Gasteiger partial charge in [-0.3, -0.25) is 0 Å². The molecule has 3 nitrogen and oxygen atoms in total. The highest BCUT2D eigenvalue weighted by Crippen LogP contribution is 2.30. The lowest BCUT2D eigenvalue weighted by atomic mass is 9.89. The molecule has 1 aliphatic heterocycles. The van der Waals surface area contributed by atoms with Crippen molar-refractivity contribution in [2.75, 3.05) is 7.11 Å². The second kappa shape index (κ2) is 5.53. The van der Waals surface area contributed by atoms with Crippen LogP contribution < -0.4 is 5.32 Å². The molecule has 0 amide bonds. The van der Waals surface area contributed by atoms with Crippen molar-refractivity contribution in [2.45, 2.75) is 37.6 Å². The average molecular weight is 274 g/mol. The summed E-state index contributed by atoms with van der Waals surface area (Å²) in [5.41, 5.74) is 0.438. The van der Waals surface area contributed by atoms with Crippen LogP contribution in [0.1, 0.15) is 24.9 Å². The van der Waals surface area contributed by atoms with Gasteiger partial charge in [0.15, 0.2) is 0 Å². The van der Waals surface area contributed by atoms with Crippen LogP contribution in [-0.2, 0) is 4.74 Å². The van der Waals surface area contributed by atoms with Crippen molar-refractivity contribution in [1.29, 1.82) is 0 Å². The largest absolute Gasteiger partial charge is 0.391 e. The van der Waals surface area contributed by atoms with Crippen LogP contribution in [0.15, 0.2) is 18.2 Å². The molecule has 1 fully saturated rings. The SMILES string of the molecule is CO[C@@H]1C[C@H](O)[C@H](c2ccc(Cl)cc2F)N[C@@H]1C. The van der Waals surface area contributed by atoms with Crippen molar-refractivity contribution in [1.82, 2.24) is 5.32 Å². The molecule has 0 spiro atoms. The lowest BCUT2D eigenvalue weighted by Gasteiger charge is -2.38. The standard InChI is InChI=1S/C13H17ClFNO2/c1-7-12(18-2)6-11(17)13(16-7)9-4-3-8(14)5-10(9)15/h3-5,7,11-13,16-17H,6H2,1-2H3/t7-,11+,12-,13+/m1/s1. The zero-order chi connectivity index (χ0) is 13.3. The molecule has 100 valence electrons. The van der Waals surface area contributed by atoms with E-state index in [0.29, 0.717) is 17.0 Å². The maximum Gasteiger partial charge on any atom is 0.129 e. The highest BCUT2D eigenvalue weighted by molar-refractivity contribution is 6.30. The first-order valence-corrected chi connectivity index (χ1v) is 6.32. The molecule has 18 heavy (non-hydrogen) atoms. The lowest BCUT2D eigenvalue weighted by Crippen LogP contribution is -2.51. The smallest absolute Gasteiger partial charge is 0.129 e. The van der Waals surface area contributed by atoms with Crippen LogP contribution in [-0.4, -0.2) is 30.5 Å². The second-order valence-electron chi connectivity index (χ2n) is 4.68. The van der Waals surface area contributed by atoms with Crippen LogP contribution in [0.5, 0.6) is 0 Å². The molecule has 2 N–H and O–H groups in total. The zero-order valence-corrected chi connectivity index (χ0v) is 11.1. The Kier molecular flexibility index (Phi) is 4.22. The van der Waals surface area contributed by atoms with Crippen molar-refractivity contribution in [3.63, 3.8) is 0 Å². The number of nitrogens with one attached hydrogen (secondary N) is 1. The number of halogens is 2. The number of methoxy groups -OCH3 is 1. The van der Waals surface area contributed by atoms with Gasteiger partial charge in [-0.2, -0.15) is 0 Å². The Hall–Kier alpha value is -0.680. The zero-order valence-electron chi connectivity index (χ0n) is 10.4. The van der Waals surface area contributed by atoms with E-state index >= 15 is 0 Å². The Balaban J connectivity index is 2.23. The molecule has 0 aromatic heterocycles. The van der Waals surface area contributed by atoms with E-state index in [9.17, 15) is 9.50 Å². The fourth-order valence-corrected chi connectivity index (χ4v) is 2.59. The van der Waals surface area contributed by atoms with E-state index in [1.165, 1.54) is 6.07 Å². The summed E-state index contributed by atoms with van der Waals surface area (Å²) in [7, 11) is 1.61. The monoisotopic (exact) mass is 273 g/mol. The molecule has 0 aliphatic carbocycles. The maximum atomic E-state index is 13.8. The highest BCUT2D eigenvalue weighted by atomic mass is 35.5. The van der Waals surface area contributed by atoms with Crippen molar-refractivity contribution in [2.24, 2.45) is 0 Å². The Labute approximate surface area is 111 Å². The van der Waals surface area contributed by atoms with Crippen LogP contribution >= 0.6 is 11.6 Å². The van der Waals surface area contributed by atoms with Gasteiger partial charge in [-0.1, -0.05) is 17.7 Å². The molecule has 1 heterocycles. The van der Waals surface area contributed by atoms with Gasteiger partial charge in [0, 0.05) is 30.2 Å². The van der Waals surface area contributed by atoms with E-state index in [2.05, 4.69) is 5.32 Å². The van der Waals surface area contributed by atoms with Crippen LogP contribution in [0.4, 0.5) is 4.39 Å². The molecule has 2 rings (SSSR count). The fourth-order valence-electron chi connectivity index (χ4n) is 2.43. The summed E-state index contributed by atoms with van der Waals surface area (Å²) >= 11 is 5.72. The number of piperidine rings is 1. The van der Waals surface area contributed by atoms with Gasteiger partial charge in [-0.05, 0) is 19.1 Å². The summed E-state index contributed by atoms with van der Waals surface area (Å²) in [5, 5.41) is 13.6. The average Bonchev–Trinajstić information content (AvgIpc) is 2.32. The van der Waals surface area contributed by atoms with E-state index in [4.69, 9.17) is 16.3 Å². The van der Waals surface area contributed by atoms with Gasteiger partial charge in [-0.15, -0.1) is 0 Å². The molecule has 1 aromatic rings. The number of benzene rings is 1. The first kappa shape index (κ1) is 13.7. The minimum Gasteiger partial charge on any atom is -0.391 e. The van der Waals surface area contributed by atoms with Gasteiger partial charge in [0.25, 0.3) is 0 Å². The van der Waals surface area contributed by atoms with Gasteiger partial charge in [-0.25, -0.2) is 4.39 Å². The van der Waals surface area contributed by atoms with Crippen molar-refractivity contribution in [3.05, 3.63) is 34.6 Å². The molecular weight excluding hydrogens is 257 g/mol. The number of ether oxygens (including phenoxy) is 1. The van der Waals surface area contributed by atoms with Gasteiger partial charge in [0.2, 0.25) is 0 Å². The summed E-state index contributed by atoms with van der Waals surface area (Å²) < 4.78 is 19.1. The van der Waals surface area contributed by atoms with Crippen LogP contribution in [0.25, 0.3) is 0 Å². The third-order valence-electron chi connectivity index (χ3n) is 3.46. The number of aliphatic hydroxyl groups excluding tert-OH is 1. The normalized spacial score (nSPS) is 32.5. The molecule has 0 saturated carbocycles. The van der Waals surface area contributed by atoms with E-state index < -0.39 is 18.0 Å². The third kappa shape index (κ3) is 2.67. The molecule has 4 atom stereocenters. The first-order chi connectivity index (χ1) is 8.52. The van der Waals surface area contributed by atoms with Crippen LogP contribution in [0, 0.1) is 5.82 Å².